The maximum absolute atomic E-state index is 10.3. The Morgan fingerprint density at radius 2 is 2.08 bits per heavy atom. The minimum absolute atomic E-state index is 0.105. The highest BCUT2D eigenvalue weighted by Crippen LogP contribution is 1.85. The van der Waals surface area contributed by atoms with Crippen molar-refractivity contribution in [1.29, 1.82) is 0 Å². The van der Waals surface area contributed by atoms with Crippen LogP contribution in [0.1, 0.15) is 26.7 Å². The number of carbonyl (C=O) groups excluding carboxylic acids is 1. The van der Waals surface area contributed by atoms with Crippen LogP contribution in [-0.2, 0) is 9.53 Å². The van der Waals surface area contributed by atoms with E-state index in [9.17, 15) is 4.79 Å². The van der Waals surface area contributed by atoms with Gasteiger partial charge in [0.15, 0.2) is 0 Å². The molecule has 0 fully saturated rings. The van der Waals surface area contributed by atoms with E-state index in [-0.39, 0.29) is 5.97 Å². The third-order valence-corrected chi connectivity index (χ3v) is 1.32. The van der Waals surface area contributed by atoms with Gasteiger partial charge in [0.25, 0.3) is 0 Å². The molecule has 0 aliphatic heterocycles. The Hall–Kier alpha value is -0.310. The summed E-state index contributed by atoms with van der Waals surface area (Å²) in [6, 6.07) is 0. The number of esters is 1. The maximum Gasteiger partial charge on any atom is 0.305 e. The molecule has 0 N–H and O–H groups in total. The molecule has 0 unspecified atom stereocenters. The van der Waals surface area contributed by atoms with Gasteiger partial charge in [-0.2, -0.15) is 0 Å². The van der Waals surface area contributed by atoms with Crippen molar-refractivity contribution in [3.05, 3.63) is 12.7 Å². The summed E-state index contributed by atoms with van der Waals surface area (Å²) < 4.78 is 4.70. The number of rotatable bonds is 4. The molecule has 0 heterocycles. The van der Waals surface area contributed by atoms with E-state index >= 15 is 0 Å². The van der Waals surface area contributed by atoms with Crippen LogP contribution < -0.4 is 0 Å². The highest BCUT2D eigenvalue weighted by atomic mass is 79.9. The molecule has 0 saturated carbocycles. The maximum atomic E-state index is 10.3. The van der Waals surface area contributed by atoms with E-state index in [1.807, 2.05) is 6.92 Å². The van der Waals surface area contributed by atoms with Gasteiger partial charge in [0.05, 0.1) is 6.61 Å². The number of ether oxygens (including phenoxy) is 1. The summed E-state index contributed by atoms with van der Waals surface area (Å²) in [6.07, 6.45) is 3.19. The predicted molar refractivity (Wildman–Crippen MR) is 55.5 cm³/mol. The summed E-state index contributed by atoms with van der Waals surface area (Å²) in [6.45, 7) is 7.76. The van der Waals surface area contributed by atoms with E-state index in [1.54, 1.807) is 13.0 Å². The van der Waals surface area contributed by atoms with E-state index in [1.165, 1.54) is 0 Å². The normalized spacial score (nSPS) is 7.92. The first-order valence-electron chi connectivity index (χ1n) is 4.05. The molecular formula is C9H17BrO2. The molecule has 0 aromatic carbocycles. The Morgan fingerprint density at radius 3 is 2.33 bits per heavy atom. The van der Waals surface area contributed by atoms with Gasteiger partial charge in [-0.15, -0.1) is 6.58 Å². The Morgan fingerprint density at radius 1 is 1.58 bits per heavy atom. The van der Waals surface area contributed by atoms with Crippen LogP contribution in [0.2, 0.25) is 0 Å². The number of halogens is 1. The molecule has 0 amide bonds. The molecule has 0 atom stereocenters. The fraction of sp³-hybridized carbons (Fsp3) is 0.667. The zero-order valence-electron chi connectivity index (χ0n) is 7.81. The van der Waals surface area contributed by atoms with Gasteiger partial charge in [-0.25, -0.2) is 0 Å². The summed E-state index contributed by atoms with van der Waals surface area (Å²) in [5.41, 5.74) is 0. The molecule has 12 heavy (non-hydrogen) atoms. The van der Waals surface area contributed by atoms with Crippen molar-refractivity contribution >= 4 is 21.9 Å². The molecule has 0 rings (SSSR count). The first-order valence-corrected chi connectivity index (χ1v) is 5.17. The topological polar surface area (TPSA) is 26.3 Å². The number of hydrogen-bond acceptors (Lipinski definition) is 2. The van der Waals surface area contributed by atoms with Crippen LogP contribution in [0.3, 0.4) is 0 Å². The van der Waals surface area contributed by atoms with Gasteiger partial charge in [0, 0.05) is 11.8 Å². The lowest BCUT2D eigenvalue weighted by atomic mass is 10.5. The standard InChI is InChI=1S/C6H12O2.C3H5Br/c1-3-5-8-6(7)4-2;1-2-3-4/h3-5H2,1-2H3;2H,1,3H2. The molecule has 0 aromatic heterocycles. The second-order valence-electron chi connectivity index (χ2n) is 2.02. The number of allylic oxidation sites excluding steroid dienone is 1. The molecule has 0 spiro atoms. The zero-order valence-corrected chi connectivity index (χ0v) is 9.39. The summed E-state index contributed by atoms with van der Waals surface area (Å²) in [4.78, 5) is 10.3. The Labute approximate surface area is 83.1 Å². The average Bonchev–Trinajstić information content (AvgIpc) is 2.14. The van der Waals surface area contributed by atoms with Crippen LogP contribution in [0.5, 0.6) is 0 Å². The largest absolute Gasteiger partial charge is 0.466 e. The highest BCUT2D eigenvalue weighted by Gasteiger charge is 1.93. The average molecular weight is 237 g/mol. The highest BCUT2D eigenvalue weighted by molar-refractivity contribution is 9.09. The van der Waals surface area contributed by atoms with Crippen molar-refractivity contribution < 1.29 is 9.53 Å². The van der Waals surface area contributed by atoms with Gasteiger partial charge < -0.3 is 4.74 Å². The van der Waals surface area contributed by atoms with Crippen LogP contribution in [-0.4, -0.2) is 17.9 Å². The fourth-order valence-corrected chi connectivity index (χ4v) is 0.318. The Kier molecular flexibility index (Phi) is 15.8. The third kappa shape index (κ3) is 16.3. The first-order chi connectivity index (χ1) is 5.72. The van der Waals surface area contributed by atoms with E-state index in [0.29, 0.717) is 13.0 Å². The quantitative estimate of drug-likeness (QED) is 0.427. The summed E-state index contributed by atoms with van der Waals surface area (Å²) in [7, 11) is 0. The number of carbonyl (C=O) groups is 1. The molecule has 0 saturated heterocycles. The molecular weight excluding hydrogens is 220 g/mol. The van der Waals surface area contributed by atoms with Crippen molar-refractivity contribution in [3.8, 4) is 0 Å². The SMILES string of the molecule is C=CCBr.CCCOC(=O)CC. The minimum Gasteiger partial charge on any atom is -0.466 e. The molecule has 0 aliphatic carbocycles. The van der Waals surface area contributed by atoms with Crippen molar-refractivity contribution in [3.63, 3.8) is 0 Å². The summed E-state index contributed by atoms with van der Waals surface area (Å²) >= 11 is 3.13. The lowest BCUT2D eigenvalue weighted by Crippen LogP contribution is -2.02. The second kappa shape index (κ2) is 13.3. The van der Waals surface area contributed by atoms with Crippen molar-refractivity contribution in [2.75, 3.05) is 11.9 Å². The van der Waals surface area contributed by atoms with Crippen LogP contribution >= 0.6 is 15.9 Å². The van der Waals surface area contributed by atoms with E-state index in [4.69, 9.17) is 4.74 Å². The van der Waals surface area contributed by atoms with Crippen LogP contribution in [0.4, 0.5) is 0 Å². The molecule has 0 radical (unpaired) electrons. The van der Waals surface area contributed by atoms with Crippen molar-refractivity contribution in [2.24, 2.45) is 0 Å². The number of alkyl halides is 1. The lowest BCUT2D eigenvalue weighted by Gasteiger charge is -1.97. The van der Waals surface area contributed by atoms with E-state index in [2.05, 4.69) is 22.5 Å². The minimum atomic E-state index is -0.105. The van der Waals surface area contributed by atoms with Gasteiger partial charge in [0.1, 0.15) is 0 Å². The predicted octanol–water partition coefficient (Wildman–Crippen LogP) is 2.92. The van der Waals surface area contributed by atoms with Crippen LogP contribution in [0, 0.1) is 0 Å². The molecule has 72 valence electrons. The van der Waals surface area contributed by atoms with E-state index < -0.39 is 0 Å². The van der Waals surface area contributed by atoms with Gasteiger partial charge >= 0.3 is 5.97 Å². The van der Waals surface area contributed by atoms with Gasteiger partial charge in [-0.1, -0.05) is 35.9 Å². The number of hydrogen-bond donors (Lipinski definition) is 0. The Balaban J connectivity index is 0. The van der Waals surface area contributed by atoms with Gasteiger partial charge in [0.2, 0.25) is 0 Å². The molecule has 0 aliphatic rings. The van der Waals surface area contributed by atoms with Crippen molar-refractivity contribution in [1.82, 2.24) is 0 Å². The summed E-state index contributed by atoms with van der Waals surface area (Å²) in [5.74, 6) is -0.105. The van der Waals surface area contributed by atoms with Crippen LogP contribution in [0.15, 0.2) is 12.7 Å². The van der Waals surface area contributed by atoms with E-state index in [0.717, 1.165) is 11.8 Å². The fourth-order valence-electron chi connectivity index (χ4n) is 0.318. The smallest absolute Gasteiger partial charge is 0.305 e. The monoisotopic (exact) mass is 236 g/mol. The lowest BCUT2D eigenvalue weighted by molar-refractivity contribution is -0.143. The molecule has 3 heteroatoms. The molecule has 0 aromatic rings. The molecule has 0 bridgehead atoms. The summed E-state index contributed by atoms with van der Waals surface area (Å²) in [5, 5.41) is 0.896. The zero-order chi connectivity index (χ0) is 9.82. The third-order valence-electron chi connectivity index (χ3n) is 0.865. The van der Waals surface area contributed by atoms with Gasteiger partial charge in [-0.3, -0.25) is 4.79 Å². The first kappa shape index (κ1) is 14.2. The molecule has 2 nitrogen and oxygen atoms in total. The van der Waals surface area contributed by atoms with Crippen molar-refractivity contribution in [2.45, 2.75) is 26.7 Å². The van der Waals surface area contributed by atoms with Crippen LogP contribution in [0.25, 0.3) is 0 Å². The Bertz CT molecular complexity index is 113. The second-order valence-corrected chi connectivity index (χ2v) is 2.66. The van der Waals surface area contributed by atoms with Gasteiger partial charge in [-0.05, 0) is 6.42 Å².